The van der Waals surface area contributed by atoms with Gasteiger partial charge in [-0.15, -0.1) is 5.10 Å². The van der Waals surface area contributed by atoms with Crippen LogP contribution in [0.4, 0.5) is 4.39 Å². The van der Waals surface area contributed by atoms with Crippen molar-refractivity contribution in [3.63, 3.8) is 0 Å². The molecule has 0 spiro atoms. The third-order valence-corrected chi connectivity index (χ3v) is 2.63. The number of aromatic amines is 2. The van der Waals surface area contributed by atoms with Crippen LogP contribution in [-0.2, 0) is 0 Å². The molecule has 0 saturated carbocycles. The summed E-state index contributed by atoms with van der Waals surface area (Å²) in [5, 5.41) is 6.54. The summed E-state index contributed by atoms with van der Waals surface area (Å²) in [5.74, 6) is -0.307. The van der Waals surface area contributed by atoms with Gasteiger partial charge in [0.05, 0.1) is 10.9 Å². The van der Waals surface area contributed by atoms with Crippen molar-refractivity contribution in [2.24, 2.45) is 0 Å². The highest BCUT2D eigenvalue weighted by atomic mass is 32.1. The topological polar surface area (TPSA) is 66.0 Å². The van der Waals surface area contributed by atoms with Crippen molar-refractivity contribution in [3.8, 4) is 0 Å². The van der Waals surface area contributed by atoms with Crippen molar-refractivity contribution in [1.82, 2.24) is 19.6 Å². The van der Waals surface area contributed by atoms with Gasteiger partial charge in [-0.3, -0.25) is 14.2 Å². The molecule has 16 heavy (non-hydrogen) atoms. The van der Waals surface area contributed by atoms with Crippen molar-refractivity contribution < 1.29 is 4.39 Å². The quantitative estimate of drug-likeness (QED) is 0.579. The Morgan fingerprint density at radius 2 is 2.25 bits per heavy atom. The van der Waals surface area contributed by atoms with Gasteiger partial charge in [-0.05, 0) is 24.4 Å². The molecule has 2 aromatic heterocycles. The molecule has 0 unspecified atom stereocenters. The average molecular weight is 236 g/mol. The van der Waals surface area contributed by atoms with Gasteiger partial charge in [-0.25, -0.2) is 9.49 Å². The van der Waals surface area contributed by atoms with Gasteiger partial charge in [-0.1, -0.05) is 6.07 Å². The highest BCUT2D eigenvalue weighted by Crippen LogP contribution is 2.14. The van der Waals surface area contributed by atoms with E-state index in [0.29, 0.717) is 0 Å². The van der Waals surface area contributed by atoms with E-state index in [1.165, 1.54) is 22.6 Å². The van der Waals surface area contributed by atoms with E-state index in [1.807, 2.05) is 0 Å². The Kier molecular flexibility index (Phi) is 1.72. The van der Waals surface area contributed by atoms with E-state index in [2.05, 4.69) is 15.2 Å². The number of rotatable bonds is 0. The highest BCUT2D eigenvalue weighted by molar-refractivity contribution is 7.71. The summed E-state index contributed by atoms with van der Waals surface area (Å²) in [5.41, 5.74) is -0.254. The van der Waals surface area contributed by atoms with E-state index in [9.17, 15) is 9.18 Å². The van der Waals surface area contributed by atoms with Crippen LogP contribution in [0.5, 0.6) is 0 Å². The predicted octanol–water partition coefficient (Wildman–Crippen LogP) is 1.37. The molecule has 0 radical (unpaired) electrons. The molecule has 1 aromatic carbocycles. The maximum absolute atomic E-state index is 13.7. The molecule has 80 valence electrons. The molecule has 3 aromatic rings. The number of nitrogens with one attached hydrogen (secondary N) is 2. The standard InChI is InChI=1S/C9H5FN4OS/c10-5-3-1-2-4-6(5)14-8(11-7(4)15)12-13-9(14)16/h1-3H,(H,13,16)(H,11,12,15). The molecule has 5 nitrogen and oxygen atoms in total. The fourth-order valence-corrected chi connectivity index (χ4v) is 1.91. The molecular formula is C9H5FN4OS. The molecule has 0 atom stereocenters. The summed E-state index contributed by atoms with van der Waals surface area (Å²) in [6.07, 6.45) is 0. The molecule has 2 N–H and O–H groups in total. The van der Waals surface area contributed by atoms with E-state index in [4.69, 9.17) is 12.2 Å². The summed E-state index contributed by atoms with van der Waals surface area (Å²) in [4.78, 5) is 14.1. The Labute approximate surface area is 92.5 Å². The van der Waals surface area contributed by atoms with Crippen molar-refractivity contribution in [2.45, 2.75) is 0 Å². The van der Waals surface area contributed by atoms with Crippen LogP contribution >= 0.6 is 12.2 Å². The van der Waals surface area contributed by atoms with Gasteiger partial charge in [-0.2, -0.15) is 0 Å². The monoisotopic (exact) mass is 236 g/mol. The summed E-state index contributed by atoms with van der Waals surface area (Å²) in [6.45, 7) is 0. The second-order valence-electron chi connectivity index (χ2n) is 3.28. The predicted molar refractivity (Wildman–Crippen MR) is 58.5 cm³/mol. The van der Waals surface area contributed by atoms with Crippen LogP contribution in [-0.4, -0.2) is 19.6 Å². The minimum absolute atomic E-state index is 0.139. The minimum atomic E-state index is -0.508. The lowest BCUT2D eigenvalue weighted by molar-refractivity contribution is 0.635. The number of para-hydroxylation sites is 1. The summed E-state index contributed by atoms with van der Waals surface area (Å²) in [6, 6.07) is 4.28. The lowest BCUT2D eigenvalue weighted by Gasteiger charge is -2.00. The summed E-state index contributed by atoms with van der Waals surface area (Å²) >= 11 is 4.97. The van der Waals surface area contributed by atoms with Crippen LogP contribution in [0, 0.1) is 10.6 Å². The molecule has 0 saturated heterocycles. The van der Waals surface area contributed by atoms with Crippen LogP contribution in [0.15, 0.2) is 23.0 Å². The molecule has 0 aliphatic heterocycles. The second kappa shape index (κ2) is 2.99. The number of halogens is 1. The fraction of sp³-hybridized carbons (Fsp3) is 0. The smallest absolute Gasteiger partial charge is 0.260 e. The number of benzene rings is 1. The number of hydrogen-bond acceptors (Lipinski definition) is 3. The second-order valence-corrected chi connectivity index (χ2v) is 3.66. The van der Waals surface area contributed by atoms with Gasteiger partial charge < -0.3 is 0 Å². The number of fused-ring (bicyclic) bond motifs is 3. The Hall–Kier alpha value is -2.02. The Bertz CT molecular complexity index is 816. The Morgan fingerprint density at radius 1 is 1.44 bits per heavy atom. The minimum Gasteiger partial charge on any atom is -0.290 e. The zero-order valence-electron chi connectivity index (χ0n) is 7.82. The van der Waals surface area contributed by atoms with Gasteiger partial charge in [0, 0.05) is 0 Å². The van der Waals surface area contributed by atoms with Crippen LogP contribution < -0.4 is 5.56 Å². The van der Waals surface area contributed by atoms with E-state index >= 15 is 0 Å². The van der Waals surface area contributed by atoms with Gasteiger partial charge in [0.1, 0.15) is 5.82 Å². The van der Waals surface area contributed by atoms with Crippen LogP contribution in [0.2, 0.25) is 0 Å². The lowest BCUT2D eigenvalue weighted by atomic mass is 10.2. The van der Waals surface area contributed by atoms with E-state index < -0.39 is 11.4 Å². The first-order valence-electron chi connectivity index (χ1n) is 4.46. The average Bonchev–Trinajstić information content (AvgIpc) is 2.61. The van der Waals surface area contributed by atoms with Crippen LogP contribution in [0.3, 0.4) is 0 Å². The zero-order chi connectivity index (χ0) is 11.3. The highest BCUT2D eigenvalue weighted by Gasteiger charge is 2.10. The zero-order valence-corrected chi connectivity index (χ0v) is 8.64. The van der Waals surface area contributed by atoms with Gasteiger partial charge in [0.15, 0.2) is 0 Å². The molecular weight excluding hydrogens is 231 g/mol. The van der Waals surface area contributed by atoms with E-state index in [0.717, 1.165) is 0 Å². The third kappa shape index (κ3) is 1.06. The molecule has 3 rings (SSSR count). The maximum atomic E-state index is 13.7. The van der Waals surface area contributed by atoms with Gasteiger partial charge in [0.25, 0.3) is 5.56 Å². The van der Waals surface area contributed by atoms with Crippen molar-refractivity contribution in [1.29, 1.82) is 0 Å². The Balaban J connectivity index is 2.83. The van der Waals surface area contributed by atoms with Crippen molar-refractivity contribution >= 4 is 28.9 Å². The molecule has 0 bridgehead atoms. The Morgan fingerprint density at radius 3 is 3.06 bits per heavy atom. The van der Waals surface area contributed by atoms with Crippen LogP contribution in [0.25, 0.3) is 16.7 Å². The third-order valence-electron chi connectivity index (χ3n) is 2.35. The lowest BCUT2D eigenvalue weighted by Crippen LogP contribution is -2.10. The fourth-order valence-electron chi connectivity index (χ4n) is 1.68. The van der Waals surface area contributed by atoms with Crippen molar-refractivity contribution in [3.05, 3.63) is 39.1 Å². The molecule has 0 aliphatic carbocycles. The van der Waals surface area contributed by atoms with Crippen LogP contribution in [0.1, 0.15) is 0 Å². The molecule has 2 heterocycles. The maximum Gasteiger partial charge on any atom is 0.260 e. The van der Waals surface area contributed by atoms with E-state index in [1.54, 1.807) is 0 Å². The first-order valence-corrected chi connectivity index (χ1v) is 4.87. The molecule has 0 amide bonds. The SMILES string of the molecule is O=c1[nH]c2n[nH]c(=S)n2c2c(F)cccc12. The number of hydrogen-bond donors (Lipinski definition) is 2. The first-order chi connectivity index (χ1) is 7.68. The van der Waals surface area contributed by atoms with Gasteiger partial charge >= 0.3 is 0 Å². The van der Waals surface area contributed by atoms with E-state index in [-0.39, 0.29) is 21.5 Å². The molecule has 7 heteroatoms. The van der Waals surface area contributed by atoms with Gasteiger partial charge in [0.2, 0.25) is 10.5 Å². The molecule has 0 aliphatic rings. The first kappa shape index (κ1) is 9.22. The summed E-state index contributed by atoms with van der Waals surface area (Å²) < 4.78 is 15.3. The molecule has 0 fully saturated rings. The number of aromatic nitrogens is 4. The summed E-state index contributed by atoms with van der Waals surface area (Å²) in [7, 11) is 0. The van der Waals surface area contributed by atoms with Crippen molar-refractivity contribution in [2.75, 3.05) is 0 Å². The normalized spacial score (nSPS) is 11.3. The largest absolute Gasteiger partial charge is 0.290 e. The number of nitrogens with zero attached hydrogens (tertiary/aromatic N) is 2. The number of H-pyrrole nitrogens is 2.